The molecule has 0 saturated heterocycles. The Bertz CT molecular complexity index is 216. The van der Waals surface area contributed by atoms with Crippen molar-refractivity contribution in [2.45, 2.75) is 31.8 Å². The topological polar surface area (TPSA) is 50.4 Å². The molecule has 1 fully saturated rings. The maximum Gasteiger partial charge on any atom is 0.328 e. The van der Waals surface area contributed by atoms with Crippen LogP contribution in [0.2, 0.25) is 0 Å². The predicted octanol–water partition coefficient (Wildman–Crippen LogP) is 0.174. The van der Waals surface area contributed by atoms with Crippen molar-refractivity contribution in [1.29, 1.82) is 0 Å². The van der Waals surface area contributed by atoms with Crippen molar-refractivity contribution < 1.29 is 9.53 Å². The van der Waals surface area contributed by atoms with Crippen molar-refractivity contribution in [2.24, 2.45) is 0 Å². The fourth-order valence-corrected chi connectivity index (χ4v) is 1.23. The minimum atomic E-state index is -0.385. The average Bonchev–Trinajstić information content (AvgIpc) is 2.86. The van der Waals surface area contributed by atoms with E-state index in [2.05, 4.69) is 15.4 Å². The quantitative estimate of drug-likeness (QED) is 0.505. The van der Waals surface area contributed by atoms with Gasteiger partial charge in [0.05, 0.1) is 7.11 Å². The third-order valence-corrected chi connectivity index (χ3v) is 2.05. The second-order valence-electron chi connectivity index (χ2n) is 3.14. The zero-order chi connectivity index (χ0) is 9.84. The first-order valence-electron chi connectivity index (χ1n) is 4.28. The SMILES string of the molecule is COC(=O)C(C)NC(=S)NC1CC1. The molecule has 0 aromatic carbocycles. The Morgan fingerprint density at radius 3 is 2.69 bits per heavy atom. The molecule has 2 N–H and O–H groups in total. The Hall–Kier alpha value is -0.840. The fourth-order valence-electron chi connectivity index (χ4n) is 0.887. The summed E-state index contributed by atoms with van der Waals surface area (Å²) >= 11 is 4.98. The van der Waals surface area contributed by atoms with Gasteiger partial charge in [0.25, 0.3) is 0 Å². The summed E-state index contributed by atoms with van der Waals surface area (Å²) in [7, 11) is 1.36. The normalized spacial score (nSPS) is 17.4. The molecule has 1 unspecified atom stereocenters. The Balaban J connectivity index is 2.21. The zero-order valence-corrected chi connectivity index (χ0v) is 8.61. The standard InChI is InChI=1S/C8H14N2O2S/c1-5(7(11)12-2)9-8(13)10-6-3-4-6/h5-6H,3-4H2,1-2H3,(H2,9,10,13). The molecule has 0 aromatic rings. The number of hydrogen-bond donors (Lipinski definition) is 2. The molecule has 1 saturated carbocycles. The second kappa shape index (κ2) is 4.41. The van der Waals surface area contributed by atoms with Crippen LogP contribution in [0.25, 0.3) is 0 Å². The molecule has 0 radical (unpaired) electrons. The maximum atomic E-state index is 11.0. The van der Waals surface area contributed by atoms with Crippen LogP contribution in [-0.2, 0) is 9.53 Å². The third kappa shape index (κ3) is 3.59. The summed E-state index contributed by atoms with van der Waals surface area (Å²) in [5.41, 5.74) is 0. The Morgan fingerprint density at radius 2 is 2.23 bits per heavy atom. The van der Waals surface area contributed by atoms with Gasteiger partial charge in [0.15, 0.2) is 5.11 Å². The van der Waals surface area contributed by atoms with Gasteiger partial charge in [-0.05, 0) is 32.0 Å². The number of carbonyl (C=O) groups is 1. The minimum absolute atomic E-state index is 0.306. The molecule has 1 aliphatic carbocycles. The van der Waals surface area contributed by atoms with Crippen molar-refractivity contribution in [1.82, 2.24) is 10.6 Å². The van der Waals surface area contributed by atoms with E-state index in [1.165, 1.54) is 7.11 Å². The maximum absolute atomic E-state index is 11.0. The lowest BCUT2D eigenvalue weighted by atomic mass is 10.3. The highest BCUT2D eigenvalue weighted by Gasteiger charge is 2.23. The van der Waals surface area contributed by atoms with Crippen LogP contribution in [0.15, 0.2) is 0 Å². The Morgan fingerprint density at radius 1 is 1.62 bits per heavy atom. The average molecular weight is 202 g/mol. The molecule has 4 nitrogen and oxygen atoms in total. The molecule has 5 heteroatoms. The molecule has 0 aliphatic heterocycles. The van der Waals surface area contributed by atoms with Gasteiger partial charge >= 0.3 is 5.97 Å². The van der Waals surface area contributed by atoms with Gasteiger partial charge < -0.3 is 15.4 Å². The van der Waals surface area contributed by atoms with E-state index < -0.39 is 0 Å². The molecular formula is C8H14N2O2S. The highest BCUT2D eigenvalue weighted by molar-refractivity contribution is 7.80. The lowest BCUT2D eigenvalue weighted by molar-refractivity contribution is -0.142. The van der Waals surface area contributed by atoms with Crippen molar-refractivity contribution in [3.8, 4) is 0 Å². The molecule has 0 aromatic heterocycles. The molecule has 74 valence electrons. The lowest BCUT2D eigenvalue weighted by Crippen LogP contribution is -2.45. The first-order valence-corrected chi connectivity index (χ1v) is 4.69. The first kappa shape index (κ1) is 10.2. The number of carbonyl (C=O) groups excluding carboxylic acids is 1. The van der Waals surface area contributed by atoms with Crippen LogP contribution >= 0.6 is 12.2 Å². The summed E-state index contributed by atoms with van der Waals surface area (Å²) in [5, 5.41) is 6.45. The van der Waals surface area contributed by atoms with Gasteiger partial charge in [0.1, 0.15) is 6.04 Å². The van der Waals surface area contributed by atoms with Crippen LogP contribution in [0.3, 0.4) is 0 Å². The number of ether oxygens (including phenoxy) is 1. The number of esters is 1. The van der Waals surface area contributed by atoms with Crippen LogP contribution in [0, 0.1) is 0 Å². The van der Waals surface area contributed by atoms with E-state index in [4.69, 9.17) is 12.2 Å². The zero-order valence-electron chi connectivity index (χ0n) is 7.79. The van der Waals surface area contributed by atoms with Crippen molar-refractivity contribution >= 4 is 23.3 Å². The van der Waals surface area contributed by atoms with E-state index in [0.29, 0.717) is 11.2 Å². The summed E-state index contributed by atoms with van der Waals surface area (Å²) < 4.78 is 4.54. The summed E-state index contributed by atoms with van der Waals surface area (Å²) in [6.07, 6.45) is 2.32. The van der Waals surface area contributed by atoms with Gasteiger partial charge in [-0.15, -0.1) is 0 Å². The smallest absolute Gasteiger partial charge is 0.328 e. The van der Waals surface area contributed by atoms with Gasteiger partial charge in [0, 0.05) is 6.04 Å². The van der Waals surface area contributed by atoms with Crippen LogP contribution in [0.4, 0.5) is 0 Å². The molecule has 13 heavy (non-hydrogen) atoms. The van der Waals surface area contributed by atoms with Gasteiger partial charge in [-0.3, -0.25) is 0 Å². The number of thiocarbonyl (C=S) groups is 1. The molecule has 0 spiro atoms. The molecule has 0 amide bonds. The predicted molar refractivity (Wildman–Crippen MR) is 53.4 cm³/mol. The summed E-state index contributed by atoms with van der Waals surface area (Å²) in [5.74, 6) is -0.306. The van der Waals surface area contributed by atoms with Gasteiger partial charge in [-0.2, -0.15) is 0 Å². The first-order chi connectivity index (χ1) is 6.13. The number of rotatable bonds is 3. The lowest BCUT2D eigenvalue weighted by Gasteiger charge is -2.14. The molecule has 0 heterocycles. The van der Waals surface area contributed by atoms with Crippen molar-refractivity contribution in [3.05, 3.63) is 0 Å². The van der Waals surface area contributed by atoms with Gasteiger partial charge in [-0.1, -0.05) is 0 Å². The summed E-state index contributed by atoms with van der Waals surface area (Å²) in [6, 6.07) is 0.119. The van der Waals surface area contributed by atoms with Gasteiger partial charge in [0.2, 0.25) is 0 Å². The van der Waals surface area contributed by atoms with Crippen LogP contribution in [0.5, 0.6) is 0 Å². The second-order valence-corrected chi connectivity index (χ2v) is 3.55. The van der Waals surface area contributed by atoms with E-state index in [9.17, 15) is 4.79 Å². The molecule has 1 rings (SSSR count). The van der Waals surface area contributed by atoms with E-state index >= 15 is 0 Å². The number of hydrogen-bond acceptors (Lipinski definition) is 3. The monoisotopic (exact) mass is 202 g/mol. The third-order valence-electron chi connectivity index (χ3n) is 1.81. The summed E-state index contributed by atoms with van der Waals surface area (Å²) in [4.78, 5) is 11.0. The minimum Gasteiger partial charge on any atom is -0.467 e. The summed E-state index contributed by atoms with van der Waals surface area (Å²) in [6.45, 7) is 1.71. The van der Waals surface area contributed by atoms with E-state index in [0.717, 1.165) is 12.8 Å². The molecular weight excluding hydrogens is 188 g/mol. The highest BCUT2D eigenvalue weighted by Crippen LogP contribution is 2.18. The molecule has 1 aliphatic rings. The number of methoxy groups -OCH3 is 1. The van der Waals surface area contributed by atoms with Crippen LogP contribution < -0.4 is 10.6 Å². The van der Waals surface area contributed by atoms with Gasteiger partial charge in [-0.25, -0.2) is 4.79 Å². The number of nitrogens with one attached hydrogen (secondary N) is 2. The Kier molecular flexibility index (Phi) is 3.48. The fraction of sp³-hybridized carbons (Fsp3) is 0.750. The van der Waals surface area contributed by atoms with Crippen molar-refractivity contribution in [2.75, 3.05) is 7.11 Å². The van der Waals surface area contributed by atoms with Crippen molar-refractivity contribution in [3.63, 3.8) is 0 Å². The van der Waals surface area contributed by atoms with E-state index in [1.54, 1.807) is 6.92 Å². The molecule has 0 bridgehead atoms. The Labute approximate surface area is 83.0 Å². The largest absolute Gasteiger partial charge is 0.467 e. The molecule has 1 atom stereocenters. The highest BCUT2D eigenvalue weighted by atomic mass is 32.1. The van der Waals surface area contributed by atoms with Crippen LogP contribution in [-0.4, -0.2) is 30.3 Å². The van der Waals surface area contributed by atoms with E-state index in [-0.39, 0.29) is 12.0 Å². The van der Waals surface area contributed by atoms with Crippen LogP contribution in [0.1, 0.15) is 19.8 Å². The van der Waals surface area contributed by atoms with E-state index in [1.807, 2.05) is 0 Å².